The number of benzene rings is 2. The number of nitrogens with one attached hydrogen (secondary N) is 1. The SMILES string of the molecule is O=C1C=C[C@@]23c4ccc(OCc5ccccc5)cc4CNC2[C@H]3C1. The minimum Gasteiger partial charge on any atom is -0.489 e. The van der Waals surface area contributed by atoms with Crippen LogP contribution in [0.1, 0.15) is 23.1 Å². The number of ether oxygens (including phenoxy) is 1. The van der Waals surface area contributed by atoms with E-state index < -0.39 is 0 Å². The summed E-state index contributed by atoms with van der Waals surface area (Å²) in [6, 6.07) is 17.0. The summed E-state index contributed by atoms with van der Waals surface area (Å²) in [5.74, 6) is 1.58. The van der Waals surface area contributed by atoms with Gasteiger partial charge < -0.3 is 10.1 Å². The van der Waals surface area contributed by atoms with Crippen molar-refractivity contribution in [2.75, 3.05) is 0 Å². The van der Waals surface area contributed by atoms with Gasteiger partial charge in [0.05, 0.1) is 0 Å². The number of carbonyl (C=O) groups is 1. The fourth-order valence-electron chi connectivity index (χ4n) is 4.47. The van der Waals surface area contributed by atoms with Crippen molar-refractivity contribution in [2.24, 2.45) is 5.92 Å². The van der Waals surface area contributed by atoms with E-state index in [1.807, 2.05) is 18.2 Å². The van der Waals surface area contributed by atoms with Gasteiger partial charge in [-0.05, 0) is 40.8 Å². The van der Waals surface area contributed by atoms with Gasteiger partial charge in [0, 0.05) is 24.4 Å². The van der Waals surface area contributed by atoms with Crippen LogP contribution < -0.4 is 10.1 Å². The van der Waals surface area contributed by atoms with Gasteiger partial charge in [0.25, 0.3) is 0 Å². The average molecular weight is 317 g/mol. The van der Waals surface area contributed by atoms with Gasteiger partial charge >= 0.3 is 0 Å². The highest BCUT2D eigenvalue weighted by Gasteiger charge is 2.67. The molecule has 0 saturated heterocycles. The van der Waals surface area contributed by atoms with Gasteiger partial charge in [-0.3, -0.25) is 4.79 Å². The van der Waals surface area contributed by atoms with Crippen LogP contribution in [0, 0.1) is 5.92 Å². The predicted octanol–water partition coefficient (Wildman–Crippen LogP) is 3.13. The van der Waals surface area contributed by atoms with Gasteiger partial charge in [0.1, 0.15) is 12.4 Å². The Morgan fingerprint density at radius 3 is 2.92 bits per heavy atom. The number of fused-ring (bicyclic) bond motifs is 2. The number of hydrogen-bond donors (Lipinski definition) is 1. The van der Waals surface area contributed by atoms with Crippen LogP contribution in [-0.4, -0.2) is 11.8 Å². The molecule has 2 aromatic rings. The Bertz CT molecular complexity index is 842. The normalized spacial score (nSPS) is 29.4. The minimum absolute atomic E-state index is 0.0411. The van der Waals surface area contributed by atoms with Gasteiger partial charge in [-0.15, -0.1) is 0 Å². The van der Waals surface area contributed by atoms with Crippen molar-refractivity contribution >= 4 is 5.78 Å². The summed E-state index contributed by atoms with van der Waals surface area (Å²) < 4.78 is 5.96. The minimum atomic E-state index is 0.0411. The van der Waals surface area contributed by atoms with Crippen LogP contribution in [0.2, 0.25) is 0 Å². The summed E-state index contributed by atoms with van der Waals surface area (Å²) in [6.07, 6.45) is 4.57. The molecular formula is C21H19NO2. The van der Waals surface area contributed by atoms with Crippen molar-refractivity contribution < 1.29 is 9.53 Å². The van der Waals surface area contributed by atoms with E-state index in [2.05, 4.69) is 41.7 Å². The first-order valence-electron chi connectivity index (χ1n) is 8.53. The summed E-state index contributed by atoms with van der Waals surface area (Å²) in [5, 5.41) is 3.61. The monoisotopic (exact) mass is 317 g/mol. The quantitative estimate of drug-likeness (QED) is 0.945. The first kappa shape index (κ1) is 14.0. The molecule has 3 nitrogen and oxygen atoms in total. The highest BCUT2D eigenvalue weighted by Crippen LogP contribution is 2.61. The van der Waals surface area contributed by atoms with Crippen LogP contribution >= 0.6 is 0 Å². The second-order valence-electron chi connectivity index (χ2n) is 7.00. The van der Waals surface area contributed by atoms with Crippen molar-refractivity contribution in [1.29, 1.82) is 0 Å². The van der Waals surface area contributed by atoms with Crippen LogP contribution in [0.3, 0.4) is 0 Å². The largest absolute Gasteiger partial charge is 0.489 e. The standard InChI is InChI=1S/C21H19NO2/c23-16-8-9-21-18-7-6-17(24-13-14-4-2-1-3-5-14)10-15(18)12-22-20(21)19(21)11-16/h1-10,19-20,22H,11-13H2/t19-,20?,21+/m1/s1. The number of carbonyl (C=O) groups excluding carboxylic acids is 1. The number of rotatable bonds is 3. The third-order valence-electron chi connectivity index (χ3n) is 5.69. The molecule has 1 aliphatic heterocycles. The number of ketones is 1. The van der Waals surface area contributed by atoms with E-state index in [9.17, 15) is 4.79 Å². The zero-order chi connectivity index (χ0) is 16.1. The van der Waals surface area contributed by atoms with Crippen LogP contribution in [0.5, 0.6) is 5.75 Å². The van der Waals surface area contributed by atoms with Crippen molar-refractivity contribution in [2.45, 2.75) is 31.0 Å². The molecule has 0 bridgehead atoms. The van der Waals surface area contributed by atoms with E-state index in [4.69, 9.17) is 4.74 Å². The van der Waals surface area contributed by atoms with Crippen LogP contribution in [-0.2, 0) is 23.4 Å². The molecular weight excluding hydrogens is 298 g/mol. The summed E-state index contributed by atoms with van der Waals surface area (Å²) in [4.78, 5) is 11.7. The number of allylic oxidation sites excluding steroid dienone is 1. The van der Waals surface area contributed by atoms with Crippen LogP contribution in [0.4, 0.5) is 0 Å². The molecule has 0 amide bonds. The van der Waals surface area contributed by atoms with E-state index in [1.165, 1.54) is 16.7 Å². The lowest BCUT2D eigenvalue weighted by molar-refractivity contribution is -0.115. The Balaban J connectivity index is 1.41. The first-order valence-corrected chi connectivity index (χ1v) is 8.53. The molecule has 2 aromatic carbocycles. The molecule has 0 aromatic heterocycles. The van der Waals surface area contributed by atoms with Gasteiger partial charge in [-0.2, -0.15) is 0 Å². The molecule has 1 saturated carbocycles. The van der Waals surface area contributed by atoms with Crippen molar-refractivity contribution in [3.8, 4) is 5.75 Å². The Kier molecular flexibility index (Phi) is 2.95. The molecule has 1 fully saturated rings. The first-order chi connectivity index (χ1) is 11.8. The van der Waals surface area contributed by atoms with Gasteiger partial charge in [-0.1, -0.05) is 42.5 Å². The summed E-state index contributed by atoms with van der Waals surface area (Å²) in [7, 11) is 0. The Morgan fingerprint density at radius 2 is 2.04 bits per heavy atom. The van der Waals surface area contributed by atoms with Gasteiger partial charge in [0.2, 0.25) is 0 Å². The molecule has 1 N–H and O–H groups in total. The molecule has 120 valence electrons. The van der Waals surface area contributed by atoms with Gasteiger partial charge in [-0.25, -0.2) is 0 Å². The zero-order valence-corrected chi connectivity index (χ0v) is 13.4. The van der Waals surface area contributed by atoms with Crippen molar-refractivity contribution in [3.63, 3.8) is 0 Å². The Morgan fingerprint density at radius 1 is 1.17 bits per heavy atom. The lowest BCUT2D eigenvalue weighted by Crippen LogP contribution is -2.30. The Labute approximate surface area is 141 Å². The fraction of sp³-hybridized carbons (Fsp3) is 0.286. The molecule has 5 rings (SSSR count). The molecule has 3 heteroatoms. The highest BCUT2D eigenvalue weighted by atomic mass is 16.5. The highest BCUT2D eigenvalue weighted by molar-refractivity contribution is 5.93. The maximum Gasteiger partial charge on any atom is 0.155 e. The average Bonchev–Trinajstić information content (AvgIpc) is 3.29. The predicted molar refractivity (Wildman–Crippen MR) is 91.8 cm³/mol. The lowest BCUT2D eigenvalue weighted by atomic mass is 9.83. The van der Waals surface area contributed by atoms with Crippen molar-refractivity contribution in [3.05, 3.63) is 77.4 Å². The number of hydrogen-bond acceptors (Lipinski definition) is 3. The third-order valence-corrected chi connectivity index (χ3v) is 5.69. The molecule has 3 atom stereocenters. The van der Waals surface area contributed by atoms with E-state index in [-0.39, 0.29) is 11.2 Å². The third kappa shape index (κ3) is 1.98. The molecule has 2 aliphatic carbocycles. The van der Waals surface area contributed by atoms with Crippen molar-refractivity contribution in [1.82, 2.24) is 5.32 Å². The summed E-state index contributed by atoms with van der Waals surface area (Å²) in [5.41, 5.74) is 3.87. The molecule has 3 aliphatic rings. The zero-order valence-electron chi connectivity index (χ0n) is 13.4. The summed E-state index contributed by atoms with van der Waals surface area (Å²) >= 11 is 0. The molecule has 24 heavy (non-hydrogen) atoms. The second kappa shape index (κ2) is 5.05. The molecule has 0 radical (unpaired) electrons. The molecule has 1 heterocycles. The summed E-state index contributed by atoms with van der Waals surface area (Å²) in [6.45, 7) is 1.43. The maximum atomic E-state index is 11.7. The van der Waals surface area contributed by atoms with Crippen LogP contribution in [0.25, 0.3) is 0 Å². The lowest BCUT2D eigenvalue weighted by Gasteiger charge is -2.25. The van der Waals surface area contributed by atoms with Crippen LogP contribution in [0.15, 0.2) is 60.7 Å². The topological polar surface area (TPSA) is 38.3 Å². The smallest absolute Gasteiger partial charge is 0.155 e. The van der Waals surface area contributed by atoms with E-state index in [1.54, 1.807) is 6.08 Å². The van der Waals surface area contributed by atoms with E-state index in [0.717, 1.165) is 12.3 Å². The molecule has 1 unspecified atom stereocenters. The molecule has 1 spiro atoms. The fourth-order valence-corrected chi connectivity index (χ4v) is 4.47. The second-order valence-corrected chi connectivity index (χ2v) is 7.00. The maximum absolute atomic E-state index is 11.7. The van der Waals surface area contributed by atoms with Gasteiger partial charge in [0.15, 0.2) is 5.78 Å². The Hall–Kier alpha value is -2.39. The van der Waals surface area contributed by atoms with E-state index >= 15 is 0 Å². The van der Waals surface area contributed by atoms with E-state index in [0.29, 0.717) is 25.0 Å².